The Bertz CT molecular complexity index is 1150. The lowest BCUT2D eigenvalue weighted by Gasteiger charge is -2.14. The van der Waals surface area contributed by atoms with Crippen molar-refractivity contribution in [3.8, 4) is 28.4 Å². The zero-order valence-electron chi connectivity index (χ0n) is 14.6. The fraction of sp³-hybridized carbons (Fsp3) is 0.158. The average molecular weight is 351 g/mol. The molecule has 0 aliphatic rings. The zero-order chi connectivity index (χ0) is 18.3. The SMILES string of the molecule is COc1cc(-c2c[nH]c3c(ccn4ccnc34)c2=O)cc(OC)c1OC. The van der Waals surface area contributed by atoms with Gasteiger partial charge in [0.2, 0.25) is 5.75 Å². The van der Waals surface area contributed by atoms with Crippen molar-refractivity contribution in [1.82, 2.24) is 14.4 Å². The van der Waals surface area contributed by atoms with Crippen LogP contribution < -0.4 is 19.6 Å². The predicted octanol–water partition coefficient (Wildman–Crippen LogP) is 2.87. The third-order valence-electron chi connectivity index (χ3n) is 4.39. The van der Waals surface area contributed by atoms with E-state index in [0.717, 1.165) is 0 Å². The second-order valence-corrected chi connectivity index (χ2v) is 5.71. The first-order valence-electron chi connectivity index (χ1n) is 7.95. The zero-order valence-corrected chi connectivity index (χ0v) is 14.6. The van der Waals surface area contributed by atoms with Crippen LogP contribution in [0.4, 0.5) is 0 Å². The van der Waals surface area contributed by atoms with Crippen LogP contribution in [0.3, 0.4) is 0 Å². The van der Waals surface area contributed by atoms with Crippen LogP contribution in [-0.2, 0) is 0 Å². The van der Waals surface area contributed by atoms with Gasteiger partial charge in [-0.1, -0.05) is 0 Å². The molecule has 1 N–H and O–H groups in total. The third kappa shape index (κ3) is 2.28. The number of H-pyrrole nitrogens is 1. The molecule has 0 radical (unpaired) electrons. The standard InChI is InChI=1S/C19H17N3O4/c1-24-14-8-11(9-15(25-2)18(14)26-3)13-10-21-16-12(17(13)23)4-6-22-7-5-20-19(16)22/h4-10H,1-3H3,(H,21,23). The van der Waals surface area contributed by atoms with E-state index < -0.39 is 0 Å². The number of aromatic nitrogens is 3. The van der Waals surface area contributed by atoms with Gasteiger partial charge in [0.1, 0.15) is 0 Å². The van der Waals surface area contributed by atoms with Gasteiger partial charge in [-0.3, -0.25) is 4.79 Å². The highest BCUT2D eigenvalue weighted by Gasteiger charge is 2.17. The molecule has 0 atom stereocenters. The molecule has 0 spiro atoms. The Hall–Kier alpha value is -3.48. The van der Waals surface area contributed by atoms with Crippen LogP contribution in [0.25, 0.3) is 27.7 Å². The van der Waals surface area contributed by atoms with E-state index in [1.807, 2.05) is 16.8 Å². The minimum atomic E-state index is -0.0986. The van der Waals surface area contributed by atoms with Gasteiger partial charge in [-0.15, -0.1) is 0 Å². The lowest BCUT2D eigenvalue weighted by atomic mass is 10.0. The highest BCUT2D eigenvalue weighted by atomic mass is 16.5. The molecule has 0 unspecified atom stereocenters. The van der Waals surface area contributed by atoms with E-state index >= 15 is 0 Å². The van der Waals surface area contributed by atoms with Crippen molar-refractivity contribution in [2.75, 3.05) is 21.3 Å². The molecule has 0 aliphatic heterocycles. The van der Waals surface area contributed by atoms with Crippen LogP contribution in [0.2, 0.25) is 0 Å². The molecule has 0 aliphatic carbocycles. The second kappa shape index (κ2) is 6.11. The van der Waals surface area contributed by atoms with E-state index in [1.54, 1.807) is 51.9 Å². The predicted molar refractivity (Wildman–Crippen MR) is 98.4 cm³/mol. The summed E-state index contributed by atoms with van der Waals surface area (Å²) in [5.41, 5.74) is 2.48. The summed E-state index contributed by atoms with van der Waals surface area (Å²) in [6.07, 6.45) is 7.03. The number of fused-ring (bicyclic) bond motifs is 3. The Labute approximate surface area is 148 Å². The summed E-state index contributed by atoms with van der Waals surface area (Å²) >= 11 is 0. The van der Waals surface area contributed by atoms with Crippen LogP contribution in [0.15, 0.2) is 47.8 Å². The molecular formula is C19H17N3O4. The van der Waals surface area contributed by atoms with Crippen molar-refractivity contribution in [3.05, 3.63) is 53.2 Å². The molecule has 7 nitrogen and oxygen atoms in total. The van der Waals surface area contributed by atoms with Crippen molar-refractivity contribution >= 4 is 16.6 Å². The van der Waals surface area contributed by atoms with E-state index in [9.17, 15) is 4.79 Å². The number of rotatable bonds is 4. The summed E-state index contributed by atoms with van der Waals surface area (Å²) < 4.78 is 18.0. The summed E-state index contributed by atoms with van der Waals surface area (Å²) in [5.74, 6) is 1.46. The van der Waals surface area contributed by atoms with E-state index in [-0.39, 0.29) is 5.43 Å². The Morgan fingerprint density at radius 2 is 1.77 bits per heavy atom. The van der Waals surface area contributed by atoms with Gasteiger partial charge in [0, 0.05) is 30.4 Å². The number of hydrogen-bond acceptors (Lipinski definition) is 5. The van der Waals surface area contributed by atoms with Crippen molar-refractivity contribution in [2.24, 2.45) is 0 Å². The van der Waals surface area contributed by atoms with Gasteiger partial charge in [-0.2, -0.15) is 0 Å². The summed E-state index contributed by atoms with van der Waals surface area (Å²) in [7, 11) is 4.63. The molecule has 3 heterocycles. The number of pyridine rings is 2. The number of imidazole rings is 1. The molecule has 4 rings (SSSR count). The van der Waals surface area contributed by atoms with E-state index in [2.05, 4.69) is 9.97 Å². The summed E-state index contributed by atoms with van der Waals surface area (Å²) in [5, 5.41) is 0.565. The van der Waals surface area contributed by atoms with E-state index in [1.165, 1.54) is 0 Å². The molecule has 1 aromatic carbocycles. The molecule has 0 saturated heterocycles. The first-order chi connectivity index (χ1) is 12.7. The Balaban J connectivity index is 1.98. The molecule has 4 aromatic rings. The number of nitrogens with one attached hydrogen (secondary N) is 1. The number of nitrogens with zero attached hydrogens (tertiary/aromatic N) is 2. The fourth-order valence-corrected chi connectivity index (χ4v) is 3.12. The van der Waals surface area contributed by atoms with Crippen molar-refractivity contribution in [3.63, 3.8) is 0 Å². The topological polar surface area (TPSA) is 77.9 Å². The van der Waals surface area contributed by atoms with Crippen molar-refractivity contribution in [2.45, 2.75) is 0 Å². The molecule has 26 heavy (non-hydrogen) atoms. The Morgan fingerprint density at radius 3 is 2.42 bits per heavy atom. The van der Waals surface area contributed by atoms with Crippen LogP contribution in [0.5, 0.6) is 17.2 Å². The van der Waals surface area contributed by atoms with Crippen molar-refractivity contribution in [1.29, 1.82) is 0 Å². The highest BCUT2D eigenvalue weighted by Crippen LogP contribution is 2.40. The maximum atomic E-state index is 13.1. The average Bonchev–Trinajstić information content (AvgIpc) is 3.16. The summed E-state index contributed by atoms with van der Waals surface area (Å²) in [4.78, 5) is 20.6. The second-order valence-electron chi connectivity index (χ2n) is 5.71. The first-order valence-corrected chi connectivity index (χ1v) is 7.95. The maximum Gasteiger partial charge on any atom is 0.203 e. The number of hydrogen-bond donors (Lipinski definition) is 1. The lowest BCUT2D eigenvalue weighted by Crippen LogP contribution is -2.08. The van der Waals surface area contributed by atoms with Crippen LogP contribution in [0.1, 0.15) is 0 Å². The van der Waals surface area contributed by atoms with Crippen LogP contribution in [-0.4, -0.2) is 35.7 Å². The molecule has 0 amide bonds. The van der Waals surface area contributed by atoms with Gasteiger partial charge in [-0.25, -0.2) is 4.98 Å². The number of methoxy groups -OCH3 is 3. The van der Waals surface area contributed by atoms with Gasteiger partial charge < -0.3 is 23.6 Å². The molecule has 132 valence electrons. The minimum absolute atomic E-state index is 0.0986. The number of aromatic amines is 1. The minimum Gasteiger partial charge on any atom is -0.493 e. The lowest BCUT2D eigenvalue weighted by molar-refractivity contribution is 0.324. The first kappa shape index (κ1) is 16.0. The monoisotopic (exact) mass is 351 g/mol. The third-order valence-corrected chi connectivity index (χ3v) is 4.39. The van der Waals surface area contributed by atoms with Gasteiger partial charge in [0.25, 0.3) is 0 Å². The summed E-state index contributed by atoms with van der Waals surface area (Å²) in [6.45, 7) is 0. The van der Waals surface area contributed by atoms with Gasteiger partial charge in [0.05, 0.1) is 32.2 Å². The molecule has 0 fully saturated rings. The Kier molecular flexibility index (Phi) is 3.76. The number of benzene rings is 1. The van der Waals surface area contributed by atoms with E-state index in [4.69, 9.17) is 14.2 Å². The van der Waals surface area contributed by atoms with E-state index in [0.29, 0.717) is 44.9 Å². The van der Waals surface area contributed by atoms with Gasteiger partial charge in [-0.05, 0) is 23.8 Å². The smallest absolute Gasteiger partial charge is 0.203 e. The van der Waals surface area contributed by atoms with Gasteiger partial charge >= 0.3 is 0 Å². The molecule has 3 aromatic heterocycles. The quantitative estimate of drug-likeness (QED) is 0.612. The summed E-state index contributed by atoms with van der Waals surface area (Å²) in [6, 6.07) is 5.29. The number of ether oxygens (including phenoxy) is 3. The normalized spacial score (nSPS) is 11.0. The fourth-order valence-electron chi connectivity index (χ4n) is 3.12. The Morgan fingerprint density at radius 1 is 1.04 bits per heavy atom. The van der Waals surface area contributed by atoms with Gasteiger partial charge in [0.15, 0.2) is 22.6 Å². The molecule has 0 saturated carbocycles. The van der Waals surface area contributed by atoms with Crippen molar-refractivity contribution < 1.29 is 14.2 Å². The molecule has 0 bridgehead atoms. The molecular weight excluding hydrogens is 334 g/mol. The van der Waals surface area contributed by atoms with Crippen LogP contribution in [0, 0.1) is 0 Å². The highest BCUT2D eigenvalue weighted by molar-refractivity contribution is 5.92. The van der Waals surface area contributed by atoms with Crippen LogP contribution >= 0.6 is 0 Å². The largest absolute Gasteiger partial charge is 0.493 e. The molecule has 7 heteroatoms. The maximum absolute atomic E-state index is 13.1.